The SMILES string of the molecule is OCc1nccc(-c2ccc3c(c2)OCCO3)n1. The van der Waals surface area contributed by atoms with Crippen LogP contribution in [0.5, 0.6) is 11.5 Å². The molecule has 0 fully saturated rings. The quantitative estimate of drug-likeness (QED) is 0.865. The summed E-state index contributed by atoms with van der Waals surface area (Å²) >= 11 is 0. The molecule has 1 aliphatic rings. The molecule has 1 N–H and O–H groups in total. The van der Waals surface area contributed by atoms with Gasteiger partial charge in [0.05, 0.1) is 5.69 Å². The molecule has 2 aromatic rings. The number of aliphatic hydroxyl groups is 1. The highest BCUT2D eigenvalue weighted by Crippen LogP contribution is 2.33. The van der Waals surface area contributed by atoms with Crippen LogP contribution in [0.3, 0.4) is 0 Å². The second kappa shape index (κ2) is 4.62. The highest BCUT2D eigenvalue weighted by atomic mass is 16.6. The van der Waals surface area contributed by atoms with Crippen LogP contribution >= 0.6 is 0 Å². The van der Waals surface area contributed by atoms with Gasteiger partial charge >= 0.3 is 0 Å². The molecule has 1 aliphatic heterocycles. The topological polar surface area (TPSA) is 64.5 Å². The van der Waals surface area contributed by atoms with Crippen molar-refractivity contribution in [1.29, 1.82) is 0 Å². The van der Waals surface area contributed by atoms with Gasteiger partial charge in [0.15, 0.2) is 17.3 Å². The first-order valence-electron chi connectivity index (χ1n) is 5.69. The van der Waals surface area contributed by atoms with Gasteiger partial charge in [-0.2, -0.15) is 0 Å². The molecule has 0 bridgehead atoms. The van der Waals surface area contributed by atoms with Gasteiger partial charge in [-0.1, -0.05) is 0 Å². The molecule has 3 rings (SSSR count). The second-order valence-electron chi connectivity index (χ2n) is 3.87. The summed E-state index contributed by atoms with van der Waals surface area (Å²) in [4.78, 5) is 8.21. The summed E-state index contributed by atoms with van der Waals surface area (Å²) in [5.74, 6) is 1.88. The molecule has 5 heteroatoms. The van der Waals surface area contributed by atoms with Crippen molar-refractivity contribution >= 4 is 0 Å². The number of ether oxygens (including phenoxy) is 2. The highest BCUT2D eigenvalue weighted by molar-refractivity contribution is 5.63. The third kappa shape index (κ3) is 2.00. The van der Waals surface area contributed by atoms with Crippen molar-refractivity contribution in [3.63, 3.8) is 0 Å². The Bertz CT molecular complexity index is 572. The molecule has 0 amide bonds. The number of aromatic nitrogens is 2. The Morgan fingerprint density at radius 1 is 1.11 bits per heavy atom. The highest BCUT2D eigenvalue weighted by Gasteiger charge is 2.13. The first-order chi connectivity index (χ1) is 8.86. The van der Waals surface area contributed by atoms with E-state index in [4.69, 9.17) is 14.6 Å². The van der Waals surface area contributed by atoms with Crippen molar-refractivity contribution in [2.24, 2.45) is 0 Å². The summed E-state index contributed by atoms with van der Waals surface area (Å²) in [6, 6.07) is 7.46. The van der Waals surface area contributed by atoms with Crippen LogP contribution in [-0.2, 0) is 6.61 Å². The Kier molecular flexibility index (Phi) is 2.82. The lowest BCUT2D eigenvalue weighted by atomic mass is 10.1. The Morgan fingerprint density at radius 3 is 2.78 bits per heavy atom. The smallest absolute Gasteiger partial charge is 0.162 e. The van der Waals surface area contributed by atoms with Crippen LogP contribution in [0.1, 0.15) is 5.82 Å². The fraction of sp³-hybridized carbons (Fsp3) is 0.231. The van der Waals surface area contributed by atoms with Crippen molar-refractivity contribution in [3.8, 4) is 22.8 Å². The Morgan fingerprint density at radius 2 is 1.94 bits per heavy atom. The number of nitrogens with zero attached hydrogens (tertiary/aromatic N) is 2. The van der Waals surface area contributed by atoms with Gasteiger partial charge in [-0.05, 0) is 24.3 Å². The van der Waals surface area contributed by atoms with Crippen LogP contribution in [0.25, 0.3) is 11.3 Å². The first-order valence-corrected chi connectivity index (χ1v) is 5.69. The normalized spacial score (nSPS) is 13.4. The van der Waals surface area contributed by atoms with Crippen LogP contribution in [0.15, 0.2) is 30.5 Å². The van der Waals surface area contributed by atoms with Gasteiger partial charge in [-0.15, -0.1) is 0 Å². The molecule has 0 spiro atoms. The molecule has 0 atom stereocenters. The average Bonchev–Trinajstić information content (AvgIpc) is 2.47. The maximum Gasteiger partial charge on any atom is 0.162 e. The third-order valence-electron chi connectivity index (χ3n) is 2.68. The van der Waals surface area contributed by atoms with Gasteiger partial charge < -0.3 is 14.6 Å². The van der Waals surface area contributed by atoms with E-state index in [1.165, 1.54) is 0 Å². The van der Waals surface area contributed by atoms with E-state index in [2.05, 4.69) is 9.97 Å². The van der Waals surface area contributed by atoms with Crippen LogP contribution < -0.4 is 9.47 Å². The van der Waals surface area contributed by atoms with E-state index in [9.17, 15) is 0 Å². The van der Waals surface area contributed by atoms with Gasteiger partial charge in [0.1, 0.15) is 19.8 Å². The Hall–Kier alpha value is -2.14. The minimum absolute atomic E-state index is 0.168. The summed E-state index contributed by atoms with van der Waals surface area (Å²) in [6.45, 7) is 0.967. The molecule has 0 saturated heterocycles. The van der Waals surface area contributed by atoms with Gasteiger partial charge in [0.2, 0.25) is 0 Å². The van der Waals surface area contributed by atoms with E-state index in [0.29, 0.717) is 19.0 Å². The number of hydrogen-bond acceptors (Lipinski definition) is 5. The minimum Gasteiger partial charge on any atom is -0.486 e. The summed E-state index contributed by atoms with van der Waals surface area (Å²) in [6.07, 6.45) is 1.63. The number of fused-ring (bicyclic) bond motifs is 1. The van der Waals surface area contributed by atoms with E-state index >= 15 is 0 Å². The lowest BCUT2D eigenvalue weighted by Gasteiger charge is -2.18. The first kappa shape index (κ1) is 11.0. The van der Waals surface area contributed by atoms with Gasteiger partial charge in [-0.3, -0.25) is 0 Å². The number of aliphatic hydroxyl groups excluding tert-OH is 1. The molecule has 18 heavy (non-hydrogen) atoms. The molecular formula is C13H12N2O3. The Labute approximate surface area is 104 Å². The number of benzene rings is 1. The molecule has 0 saturated carbocycles. The third-order valence-corrected chi connectivity index (χ3v) is 2.68. The van der Waals surface area contributed by atoms with Gasteiger partial charge in [0.25, 0.3) is 0 Å². The number of rotatable bonds is 2. The van der Waals surface area contributed by atoms with Gasteiger partial charge in [-0.25, -0.2) is 9.97 Å². The maximum absolute atomic E-state index is 9.03. The van der Waals surface area contributed by atoms with E-state index in [1.807, 2.05) is 18.2 Å². The summed E-state index contributed by atoms with van der Waals surface area (Å²) in [5.41, 5.74) is 1.67. The minimum atomic E-state index is -0.168. The number of hydrogen-bond donors (Lipinski definition) is 1. The van der Waals surface area contributed by atoms with E-state index < -0.39 is 0 Å². The van der Waals surface area contributed by atoms with E-state index in [1.54, 1.807) is 12.3 Å². The average molecular weight is 244 g/mol. The molecular weight excluding hydrogens is 232 g/mol. The fourth-order valence-corrected chi connectivity index (χ4v) is 1.84. The predicted octanol–water partition coefficient (Wildman–Crippen LogP) is 1.41. The molecule has 1 aromatic carbocycles. The molecule has 0 unspecified atom stereocenters. The van der Waals surface area contributed by atoms with Crippen molar-refractivity contribution in [2.45, 2.75) is 6.61 Å². The zero-order valence-corrected chi connectivity index (χ0v) is 9.67. The molecule has 5 nitrogen and oxygen atoms in total. The Balaban J connectivity index is 2.00. The zero-order chi connectivity index (χ0) is 12.4. The standard InChI is InChI=1S/C13H12N2O3/c16-8-13-14-4-3-10(15-13)9-1-2-11-12(7-9)18-6-5-17-11/h1-4,7,16H,5-6,8H2. The van der Waals surface area contributed by atoms with E-state index in [0.717, 1.165) is 22.8 Å². The van der Waals surface area contributed by atoms with Crippen molar-refractivity contribution in [2.75, 3.05) is 13.2 Å². The second-order valence-corrected chi connectivity index (χ2v) is 3.87. The van der Waals surface area contributed by atoms with Crippen molar-refractivity contribution in [3.05, 3.63) is 36.3 Å². The lowest BCUT2D eigenvalue weighted by molar-refractivity contribution is 0.171. The van der Waals surface area contributed by atoms with Crippen molar-refractivity contribution in [1.82, 2.24) is 9.97 Å². The summed E-state index contributed by atoms with van der Waals surface area (Å²) < 4.78 is 11.0. The van der Waals surface area contributed by atoms with Gasteiger partial charge in [0, 0.05) is 11.8 Å². The molecule has 92 valence electrons. The zero-order valence-electron chi connectivity index (χ0n) is 9.67. The molecule has 1 aromatic heterocycles. The monoisotopic (exact) mass is 244 g/mol. The molecule has 0 radical (unpaired) electrons. The maximum atomic E-state index is 9.03. The van der Waals surface area contributed by atoms with Crippen LogP contribution in [-0.4, -0.2) is 28.3 Å². The van der Waals surface area contributed by atoms with Crippen LogP contribution in [0.2, 0.25) is 0 Å². The van der Waals surface area contributed by atoms with Crippen molar-refractivity contribution < 1.29 is 14.6 Å². The molecule has 2 heterocycles. The lowest BCUT2D eigenvalue weighted by Crippen LogP contribution is -2.15. The van der Waals surface area contributed by atoms with E-state index in [-0.39, 0.29) is 6.61 Å². The molecule has 0 aliphatic carbocycles. The summed E-state index contributed by atoms with van der Waals surface area (Å²) in [7, 11) is 0. The summed E-state index contributed by atoms with van der Waals surface area (Å²) in [5, 5.41) is 9.03. The van der Waals surface area contributed by atoms with Crippen LogP contribution in [0, 0.1) is 0 Å². The predicted molar refractivity (Wildman–Crippen MR) is 64.4 cm³/mol. The van der Waals surface area contributed by atoms with Crippen LogP contribution in [0.4, 0.5) is 0 Å². The fourth-order valence-electron chi connectivity index (χ4n) is 1.84. The largest absolute Gasteiger partial charge is 0.486 e.